The van der Waals surface area contributed by atoms with E-state index in [2.05, 4.69) is 13.8 Å². The van der Waals surface area contributed by atoms with E-state index >= 15 is 0 Å². The Hall–Kier alpha value is -1.64. The molecule has 2 aliphatic rings. The molecule has 0 aromatic carbocycles. The summed E-state index contributed by atoms with van der Waals surface area (Å²) >= 11 is 0. The maximum Gasteiger partial charge on any atom is 0.223 e. The summed E-state index contributed by atoms with van der Waals surface area (Å²) in [6, 6.07) is 0. The monoisotopic (exact) mass is 302 g/mol. The summed E-state index contributed by atoms with van der Waals surface area (Å²) in [4.78, 5) is 24.8. The lowest BCUT2D eigenvalue weighted by atomic mass is 9.74. The van der Waals surface area contributed by atoms with Crippen LogP contribution in [0.3, 0.4) is 0 Å². The van der Waals surface area contributed by atoms with Crippen LogP contribution >= 0.6 is 0 Å². The Morgan fingerprint density at radius 3 is 2.68 bits per heavy atom. The highest BCUT2D eigenvalue weighted by Gasteiger charge is 2.35. The molecular formula is C19H26O3. The molecule has 3 nitrogen and oxygen atoms in total. The van der Waals surface area contributed by atoms with Crippen molar-refractivity contribution in [1.82, 2.24) is 0 Å². The van der Waals surface area contributed by atoms with Crippen molar-refractivity contribution in [3.8, 4) is 0 Å². The maximum atomic E-state index is 12.5. The molecule has 0 aromatic rings. The van der Waals surface area contributed by atoms with Gasteiger partial charge in [-0.2, -0.15) is 0 Å². The van der Waals surface area contributed by atoms with E-state index in [1.807, 2.05) is 13.0 Å². The number of hydrogen-bond acceptors (Lipinski definition) is 3. The molecule has 0 unspecified atom stereocenters. The molecule has 0 amide bonds. The first-order valence-electron chi connectivity index (χ1n) is 8.35. The van der Waals surface area contributed by atoms with Gasteiger partial charge < -0.3 is 5.11 Å². The largest absolute Gasteiger partial charge is 0.504 e. The molecule has 0 aliphatic heterocycles. The van der Waals surface area contributed by atoms with E-state index < -0.39 is 0 Å². The van der Waals surface area contributed by atoms with Crippen molar-refractivity contribution in [2.75, 3.05) is 0 Å². The molecule has 22 heavy (non-hydrogen) atoms. The molecule has 120 valence electrons. The molecule has 0 saturated carbocycles. The van der Waals surface area contributed by atoms with Gasteiger partial charge in [0.1, 0.15) is 0 Å². The average molecular weight is 302 g/mol. The highest BCUT2D eigenvalue weighted by molar-refractivity contribution is 6.21. The Balaban J connectivity index is 2.25. The van der Waals surface area contributed by atoms with Gasteiger partial charge in [0.05, 0.1) is 5.57 Å². The second-order valence-corrected chi connectivity index (χ2v) is 6.64. The van der Waals surface area contributed by atoms with Gasteiger partial charge in [0.15, 0.2) is 11.5 Å². The third kappa shape index (κ3) is 3.40. The molecule has 0 bridgehead atoms. The lowest BCUT2D eigenvalue weighted by Gasteiger charge is -2.29. The van der Waals surface area contributed by atoms with Gasteiger partial charge in [-0.05, 0) is 44.6 Å². The quantitative estimate of drug-likeness (QED) is 0.464. The van der Waals surface area contributed by atoms with Crippen LogP contribution in [-0.4, -0.2) is 16.7 Å². The van der Waals surface area contributed by atoms with Gasteiger partial charge >= 0.3 is 0 Å². The SMILES string of the molecule is CCCCCC1=CC(=O)C([C@@H]2C=C(C)CC[C@H]2C)=C(O)C1=O. The topological polar surface area (TPSA) is 54.4 Å². The van der Waals surface area contributed by atoms with Crippen molar-refractivity contribution < 1.29 is 14.7 Å². The lowest BCUT2D eigenvalue weighted by Crippen LogP contribution is -2.28. The number of rotatable bonds is 5. The average Bonchev–Trinajstić information content (AvgIpc) is 2.48. The van der Waals surface area contributed by atoms with Crippen LogP contribution in [-0.2, 0) is 9.59 Å². The van der Waals surface area contributed by atoms with Crippen LogP contribution in [0.4, 0.5) is 0 Å². The first-order valence-corrected chi connectivity index (χ1v) is 8.35. The molecule has 0 heterocycles. The van der Waals surface area contributed by atoms with E-state index in [0.29, 0.717) is 17.6 Å². The fourth-order valence-corrected chi connectivity index (χ4v) is 3.32. The van der Waals surface area contributed by atoms with Gasteiger partial charge in [0.2, 0.25) is 5.78 Å². The highest BCUT2D eigenvalue weighted by atomic mass is 16.3. The van der Waals surface area contributed by atoms with Gasteiger partial charge in [-0.15, -0.1) is 0 Å². The third-order valence-electron chi connectivity index (χ3n) is 4.79. The van der Waals surface area contributed by atoms with Crippen molar-refractivity contribution in [3.63, 3.8) is 0 Å². The van der Waals surface area contributed by atoms with E-state index in [1.165, 1.54) is 11.6 Å². The fraction of sp³-hybridized carbons (Fsp3) is 0.579. The molecule has 1 N–H and O–H groups in total. The van der Waals surface area contributed by atoms with Crippen LogP contribution in [0.1, 0.15) is 59.3 Å². The molecule has 0 radical (unpaired) electrons. The van der Waals surface area contributed by atoms with E-state index in [9.17, 15) is 14.7 Å². The van der Waals surface area contributed by atoms with E-state index in [4.69, 9.17) is 0 Å². The Labute approximate surface area is 132 Å². The van der Waals surface area contributed by atoms with E-state index in [-0.39, 0.29) is 29.2 Å². The minimum atomic E-state index is -0.352. The summed E-state index contributed by atoms with van der Waals surface area (Å²) in [5, 5.41) is 10.3. The Bertz CT molecular complexity index is 563. The number of aliphatic hydroxyl groups is 1. The van der Waals surface area contributed by atoms with Crippen LogP contribution < -0.4 is 0 Å². The minimum absolute atomic E-state index is 0.140. The predicted octanol–water partition coefficient (Wildman–Crippen LogP) is 4.45. The minimum Gasteiger partial charge on any atom is -0.504 e. The molecule has 3 heteroatoms. The third-order valence-corrected chi connectivity index (χ3v) is 4.79. The summed E-state index contributed by atoms with van der Waals surface area (Å²) in [7, 11) is 0. The molecule has 2 rings (SSSR count). The van der Waals surface area contributed by atoms with Crippen LogP contribution in [0.2, 0.25) is 0 Å². The maximum absolute atomic E-state index is 12.5. The molecule has 2 aliphatic carbocycles. The Morgan fingerprint density at radius 2 is 2.00 bits per heavy atom. The number of unbranched alkanes of at least 4 members (excludes halogenated alkanes) is 2. The van der Waals surface area contributed by atoms with Gasteiger partial charge in [-0.1, -0.05) is 38.3 Å². The van der Waals surface area contributed by atoms with Crippen LogP contribution in [0.15, 0.2) is 34.6 Å². The summed E-state index contributed by atoms with van der Waals surface area (Å²) in [5.41, 5.74) is 1.99. The zero-order valence-corrected chi connectivity index (χ0v) is 13.8. The van der Waals surface area contributed by atoms with Crippen LogP contribution in [0, 0.1) is 11.8 Å². The Morgan fingerprint density at radius 1 is 1.27 bits per heavy atom. The fourth-order valence-electron chi connectivity index (χ4n) is 3.32. The van der Waals surface area contributed by atoms with Gasteiger partial charge in [0.25, 0.3) is 0 Å². The molecule has 0 aromatic heterocycles. The molecule has 0 saturated heterocycles. The summed E-state index contributed by atoms with van der Waals surface area (Å²) in [6.45, 7) is 6.21. The smallest absolute Gasteiger partial charge is 0.223 e. The lowest BCUT2D eigenvalue weighted by molar-refractivity contribution is -0.118. The summed E-state index contributed by atoms with van der Waals surface area (Å²) in [6.07, 6.45) is 9.04. The summed E-state index contributed by atoms with van der Waals surface area (Å²) < 4.78 is 0. The zero-order valence-electron chi connectivity index (χ0n) is 13.8. The number of carbonyl (C=O) groups excluding carboxylic acids is 2. The second kappa shape index (κ2) is 7.08. The second-order valence-electron chi connectivity index (χ2n) is 6.64. The predicted molar refractivity (Wildman–Crippen MR) is 87.5 cm³/mol. The van der Waals surface area contributed by atoms with Crippen LogP contribution in [0.25, 0.3) is 0 Å². The number of carbonyl (C=O) groups is 2. The number of aliphatic hydroxyl groups excluding tert-OH is 1. The van der Waals surface area contributed by atoms with Crippen molar-refractivity contribution in [1.29, 1.82) is 0 Å². The molecular weight excluding hydrogens is 276 g/mol. The van der Waals surface area contributed by atoms with E-state index in [1.54, 1.807) is 0 Å². The van der Waals surface area contributed by atoms with E-state index in [0.717, 1.165) is 32.1 Å². The summed E-state index contributed by atoms with van der Waals surface area (Å²) in [5.74, 6) is -0.728. The first-order chi connectivity index (χ1) is 10.5. The Kier molecular flexibility index (Phi) is 5.38. The normalized spacial score (nSPS) is 26.1. The molecule has 0 spiro atoms. The van der Waals surface area contributed by atoms with Crippen molar-refractivity contribution in [2.24, 2.45) is 11.8 Å². The number of Topliss-reactive ketones (excluding diaryl/α,β-unsaturated/α-hetero) is 1. The molecule has 0 fully saturated rings. The number of ketones is 2. The number of hydrogen-bond donors (Lipinski definition) is 1. The highest BCUT2D eigenvalue weighted by Crippen LogP contribution is 2.37. The van der Waals surface area contributed by atoms with Crippen molar-refractivity contribution >= 4 is 11.6 Å². The van der Waals surface area contributed by atoms with Gasteiger partial charge in [-0.25, -0.2) is 0 Å². The number of allylic oxidation sites excluding steroid dienone is 5. The van der Waals surface area contributed by atoms with Crippen LogP contribution in [0.5, 0.6) is 0 Å². The van der Waals surface area contributed by atoms with Gasteiger partial charge in [0, 0.05) is 11.5 Å². The molecule has 2 atom stereocenters. The van der Waals surface area contributed by atoms with Crippen molar-refractivity contribution in [2.45, 2.75) is 59.3 Å². The van der Waals surface area contributed by atoms with Gasteiger partial charge in [-0.3, -0.25) is 9.59 Å². The zero-order chi connectivity index (χ0) is 16.3. The standard InChI is InChI=1S/C19H26O3/c1-4-5-6-7-14-11-16(20)17(19(22)18(14)21)15-10-12(2)8-9-13(15)3/h10-11,13,15,22H,4-9H2,1-3H3/t13-,15-/m1/s1. The first kappa shape index (κ1) is 16.7. The van der Waals surface area contributed by atoms with Crippen molar-refractivity contribution in [3.05, 3.63) is 34.6 Å².